The molecule has 1 fully saturated rings. The molecule has 0 atom stereocenters. The number of nitro groups is 1. The van der Waals surface area contributed by atoms with Crippen LogP contribution in [0.25, 0.3) is 6.08 Å². The van der Waals surface area contributed by atoms with E-state index in [1.165, 1.54) is 18.2 Å². The quantitative estimate of drug-likeness (QED) is 0.483. The second-order valence-electron chi connectivity index (χ2n) is 5.16. The first-order chi connectivity index (χ1) is 9.58. The number of nitro benzene ring substituents is 1. The zero-order valence-electron chi connectivity index (χ0n) is 11.5. The van der Waals surface area contributed by atoms with E-state index in [1.54, 1.807) is 23.1 Å². The maximum Gasteiger partial charge on any atom is 0.276 e. The van der Waals surface area contributed by atoms with E-state index < -0.39 is 4.92 Å². The Bertz CT molecular complexity index is 532. The van der Waals surface area contributed by atoms with Crippen LogP contribution < -0.4 is 0 Å². The summed E-state index contributed by atoms with van der Waals surface area (Å²) in [5.41, 5.74) is 0.472. The minimum Gasteiger partial charge on any atom is -0.339 e. The second kappa shape index (κ2) is 6.32. The van der Waals surface area contributed by atoms with Crippen LogP contribution in [0, 0.1) is 16.0 Å². The summed E-state index contributed by atoms with van der Waals surface area (Å²) in [6.45, 7) is 3.72. The van der Waals surface area contributed by atoms with Gasteiger partial charge in [0.15, 0.2) is 0 Å². The van der Waals surface area contributed by atoms with E-state index in [2.05, 4.69) is 6.92 Å². The lowest BCUT2D eigenvalue weighted by Gasteiger charge is -2.29. The van der Waals surface area contributed by atoms with Crippen molar-refractivity contribution in [2.75, 3.05) is 13.1 Å². The lowest BCUT2D eigenvalue weighted by molar-refractivity contribution is -0.385. The van der Waals surface area contributed by atoms with Crippen LogP contribution in [0.5, 0.6) is 0 Å². The summed E-state index contributed by atoms with van der Waals surface area (Å²) in [5, 5.41) is 10.9. The van der Waals surface area contributed by atoms with E-state index in [0.29, 0.717) is 11.5 Å². The number of nitrogens with zero attached hydrogens (tertiary/aromatic N) is 2. The summed E-state index contributed by atoms with van der Waals surface area (Å²) < 4.78 is 0. The van der Waals surface area contributed by atoms with Crippen LogP contribution in [0.2, 0.25) is 0 Å². The maximum absolute atomic E-state index is 12.0. The number of amides is 1. The Balaban J connectivity index is 2.06. The third-order valence-electron chi connectivity index (χ3n) is 3.63. The SMILES string of the molecule is CC1CCN(C(=O)/C=C/c2ccccc2[N+](=O)[O-])CC1. The fourth-order valence-electron chi connectivity index (χ4n) is 2.29. The summed E-state index contributed by atoms with van der Waals surface area (Å²) >= 11 is 0. The summed E-state index contributed by atoms with van der Waals surface area (Å²) in [7, 11) is 0. The highest BCUT2D eigenvalue weighted by molar-refractivity contribution is 5.92. The first kappa shape index (κ1) is 14.2. The molecule has 106 valence electrons. The van der Waals surface area contributed by atoms with Gasteiger partial charge in [-0.2, -0.15) is 0 Å². The van der Waals surface area contributed by atoms with Crippen molar-refractivity contribution in [2.24, 2.45) is 5.92 Å². The van der Waals surface area contributed by atoms with Crippen LogP contribution in [0.4, 0.5) is 5.69 Å². The van der Waals surface area contributed by atoms with Gasteiger partial charge in [0, 0.05) is 25.2 Å². The van der Waals surface area contributed by atoms with Gasteiger partial charge in [-0.15, -0.1) is 0 Å². The minimum atomic E-state index is -0.438. The summed E-state index contributed by atoms with van der Waals surface area (Å²) in [6, 6.07) is 6.41. The minimum absolute atomic E-state index is 0.0174. The Kier molecular flexibility index (Phi) is 4.50. The summed E-state index contributed by atoms with van der Waals surface area (Å²) in [5.74, 6) is 0.591. The first-order valence-electron chi connectivity index (χ1n) is 6.78. The molecule has 1 amide bonds. The fraction of sp³-hybridized carbons (Fsp3) is 0.400. The van der Waals surface area contributed by atoms with E-state index in [-0.39, 0.29) is 11.6 Å². The third kappa shape index (κ3) is 3.44. The van der Waals surface area contributed by atoms with Crippen LogP contribution >= 0.6 is 0 Å². The molecule has 5 nitrogen and oxygen atoms in total. The molecule has 1 aliphatic rings. The van der Waals surface area contributed by atoms with E-state index in [0.717, 1.165) is 25.9 Å². The Hall–Kier alpha value is -2.17. The van der Waals surface area contributed by atoms with Gasteiger partial charge in [0.2, 0.25) is 5.91 Å². The van der Waals surface area contributed by atoms with Gasteiger partial charge in [0.25, 0.3) is 5.69 Å². The molecular weight excluding hydrogens is 256 g/mol. The molecule has 0 N–H and O–H groups in total. The highest BCUT2D eigenvalue weighted by atomic mass is 16.6. The normalized spacial score (nSPS) is 16.6. The third-order valence-corrected chi connectivity index (χ3v) is 3.63. The zero-order valence-corrected chi connectivity index (χ0v) is 11.5. The molecule has 1 aromatic carbocycles. The predicted octanol–water partition coefficient (Wildman–Crippen LogP) is 2.87. The zero-order chi connectivity index (χ0) is 14.5. The molecule has 2 rings (SSSR count). The van der Waals surface area contributed by atoms with Gasteiger partial charge < -0.3 is 4.90 Å². The van der Waals surface area contributed by atoms with Crippen molar-refractivity contribution in [1.82, 2.24) is 4.90 Å². The molecule has 5 heteroatoms. The van der Waals surface area contributed by atoms with Crippen molar-refractivity contribution in [2.45, 2.75) is 19.8 Å². The Morgan fingerprint density at radius 3 is 2.65 bits per heavy atom. The van der Waals surface area contributed by atoms with E-state index in [4.69, 9.17) is 0 Å². The van der Waals surface area contributed by atoms with Gasteiger partial charge >= 0.3 is 0 Å². The molecule has 0 bridgehead atoms. The van der Waals surface area contributed by atoms with Crippen LogP contribution in [0.15, 0.2) is 30.3 Å². The lowest BCUT2D eigenvalue weighted by Crippen LogP contribution is -2.36. The molecule has 1 saturated heterocycles. The molecule has 1 heterocycles. The molecule has 0 spiro atoms. The Labute approximate surface area is 118 Å². The van der Waals surface area contributed by atoms with Crippen molar-refractivity contribution in [3.05, 3.63) is 46.0 Å². The van der Waals surface area contributed by atoms with Crippen LogP contribution in [0.3, 0.4) is 0 Å². The largest absolute Gasteiger partial charge is 0.339 e. The number of carbonyl (C=O) groups is 1. The van der Waals surface area contributed by atoms with Crippen molar-refractivity contribution in [3.63, 3.8) is 0 Å². The van der Waals surface area contributed by atoms with Crippen LogP contribution in [0.1, 0.15) is 25.3 Å². The topological polar surface area (TPSA) is 63.5 Å². The monoisotopic (exact) mass is 274 g/mol. The number of hydrogen-bond acceptors (Lipinski definition) is 3. The lowest BCUT2D eigenvalue weighted by atomic mass is 9.99. The standard InChI is InChI=1S/C15H18N2O3/c1-12-8-10-16(11-9-12)15(18)7-6-13-4-2-3-5-14(13)17(19)20/h2-7,12H,8-11H2,1H3/b7-6+. The highest BCUT2D eigenvalue weighted by Crippen LogP contribution is 2.20. The Morgan fingerprint density at radius 2 is 2.00 bits per heavy atom. The van der Waals surface area contributed by atoms with Gasteiger partial charge in [-0.3, -0.25) is 14.9 Å². The van der Waals surface area contributed by atoms with Gasteiger partial charge in [-0.1, -0.05) is 19.1 Å². The van der Waals surface area contributed by atoms with Crippen molar-refractivity contribution >= 4 is 17.7 Å². The van der Waals surface area contributed by atoms with Crippen molar-refractivity contribution in [3.8, 4) is 0 Å². The number of piperidine rings is 1. The van der Waals surface area contributed by atoms with Gasteiger partial charge in [-0.05, 0) is 30.9 Å². The van der Waals surface area contributed by atoms with Gasteiger partial charge in [0.1, 0.15) is 0 Å². The van der Waals surface area contributed by atoms with E-state index in [1.807, 2.05) is 0 Å². The average Bonchev–Trinajstić information content (AvgIpc) is 2.45. The number of benzene rings is 1. The maximum atomic E-state index is 12.0. The van der Waals surface area contributed by atoms with Crippen LogP contribution in [-0.2, 0) is 4.79 Å². The Morgan fingerprint density at radius 1 is 1.35 bits per heavy atom. The van der Waals surface area contributed by atoms with Crippen molar-refractivity contribution < 1.29 is 9.72 Å². The predicted molar refractivity (Wildman–Crippen MR) is 77.1 cm³/mol. The van der Waals surface area contributed by atoms with Crippen molar-refractivity contribution in [1.29, 1.82) is 0 Å². The molecule has 20 heavy (non-hydrogen) atoms. The summed E-state index contributed by atoms with van der Waals surface area (Å²) in [4.78, 5) is 24.3. The van der Waals surface area contributed by atoms with E-state index >= 15 is 0 Å². The molecule has 0 saturated carbocycles. The highest BCUT2D eigenvalue weighted by Gasteiger charge is 2.18. The van der Waals surface area contributed by atoms with E-state index in [9.17, 15) is 14.9 Å². The number of carbonyl (C=O) groups excluding carboxylic acids is 1. The van der Waals surface area contributed by atoms with Gasteiger partial charge in [0.05, 0.1) is 10.5 Å². The average molecular weight is 274 g/mol. The first-order valence-corrected chi connectivity index (χ1v) is 6.78. The molecule has 0 radical (unpaired) electrons. The second-order valence-corrected chi connectivity index (χ2v) is 5.16. The van der Waals surface area contributed by atoms with Crippen LogP contribution in [-0.4, -0.2) is 28.8 Å². The molecular formula is C15H18N2O3. The number of likely N-dealkylation sites (tertiary alicyclic amines) is 1. The fourth-order valence-corrected chi connectivity index (χ4v) is 2.29. The molecule has 1 aromatic rings. The summed E-state index contributed by atoms with van der Waals surface area (Å²) in [6.07, 6.45) is 4.99. The molecule has 0 aromatic heterocycles. The molecule has 0 unspecified atom stereocenters. The smallest absolute Gasteiger partial charge is 0.276 e. The number of rotatable bonds is 3. The molecule has 0 aliphatic carbocycles. The van der Waals surface area contributed by atoms with Gasteiger partial charge in [-0.25, -0.2) is 0 Å². The number of hydrogen-bond donors (Lipinski definition) is 0. The number of para-hydroxylation sites is 1. The molecule has 1 aliphatic heterocycles.